The van der Waals surface area contributed by atoms with E-state index >= 15 is 0 Å². The molecule has 0 aliphatic carbocycles. The lowest BCUT2D eigenvalue weighted by molar-refractivity contribution is -0.0848. The molecule has 0 saturated heterocycles. The third kappa shape index (κ3) is 8.89. The van der Waals surface area contributed by atoms with Crippen molar-refractivity contribution in [2.45, 2.75) is 58.5 Å². The zero-order valence-electron chi connectivity index (χ0n) is 15.9. The quantitative estimate of drug-likeness (QED) is 0.421. The maximum absolute atomic E-state index is 12.2. The number of phenolic OH excluding ortho intramolecular Hbond substituents is 1. The highest BCUT2D eigenvalue weighted by Gasteiger charge is 2.31. The van der Waals surface area contributed by atoms with Gasteiger partial charge in [0.15, 0.2) is 0 Å². The number of halogens is 4. The Morgan fingerprint density at radius 3 is 2.19 bits per heavy atom. The summed E-state index contributed by atoms with van der Waals surface area (Å²) in [6, 6.07) is 3.48. The van der Waals surface area contributed by atoms with Crippen LogP contribution in [-0.4, -0.2) is 31.1 Å². The Morgan fingerprint density at radius 2 is 1.63 bits per heavy atom. The highest BCUT2D eigenvalue weighted by molar-refractivity contribution is 6.30. The summed E-state index contributed by atoms with van der Waals surface area (Å²) in [7, 11) is 0. The summed E-state index contributed by atoms with van der Waals surface area (Å²) in [5.74, 6) is 1.13. The highest BCUT2D eigenvalue weighted by Crippen LogP contribution is 2.30. The second-order valence-corrected chi connectivity index (χ2v) is 6.57. The molecule has 7 heteroatoms. The molecule has 0 unspecified atom stereocenters. The predicted octanol–water partition coefficient (Wildman–Crippen LogP) is 6.16. The van der Waals surface area contributed by atoms with E-state index in [0.29, 0.717) is 13.2 Å². The van der Waals surface area contributed by atoms with Crippen molar-refractivity contribution in [3.63, 3.8) is 0 Å². The van der Waals surface area contributed by atoms with Crippen molar-refractivity contribution in [1.82, 2.24) is 0 Å². The number of aromatic hydroxyl groups is 1. The van der Waals surface area contributed by atoms with Crippen LogP contribution in [0.5, 0.6) is 11.5 Å². The Kier molecular flexibility index (Phi) is 10.6. The molecule has 1 rings (SSSR count). The molecule has 0 aromatic heterocycles. The van der Waals surface area contributed by atoms with Crippen molar-refractivity contribution in [2.24, 2.45) is 0 Å². The van der Waals surface area contributed by atoms with Crippen LogP contribution in [0.3, 0.4) is 0 Å². The first-order valence-corrected chi connectivity index (χ1v) is 9.65. The number of unbranched alkanes of at least 4 members (excludes halogenated alkanes) is 2. The molecule has 0 atom stereocenters. The van der Waals surface area contributed by atoms with Gasteiger partial charge in [0.05, 0.1) is 13.2 Å². The van der Waals surface area contributed by atoms with Gasteiger partial charge in [-0.3, -0.25) is 0 Å². The molecule has 1 aromatic carbocycles. The van der Waals surface area contributed by atoms with Crippen LogP contribution in [0, 0.1) is 0 Å². The summed E-state index contributed by atoms with van der Waals surface area (Å²) in [5.41, 5.74) is 2.00. The third-order valence-corrected chi connectivity index (χ3v) is 4.39. The number of hydrogen-bond acceptors (Lipinski definition) is 3. The van der Waals surface area contributed by atoms with E-state index in [-0.39, 0.29) is 18.8 Å². The summed E-state index contributed by atoms with van der Waals surface area (Å²) in [6.07, 6.45) is 0.752. The van der Waals surface area contributed by atoms with Gasteiger partial charge >= 0.3 is 6.18 Å². The minimum absolute atomic E-state index is 0.141. The average Bonchev–Trinajstić information content (AvgIpc) is 2.62. The molecule has 1 aromatic rings. The maximum Gasteiger partial charge on any atom is 0.426 e. The Bertz CT molecular complexity index is 576. The summed E-state index contributed by atoms with van der Waals surface area (Å²) < 4.78 is 47.7. The standard InChI is InChI=1S/C20H28ClF3O3/c1-3-15-13-17(25)14-16(4-2)19(15)27-12-7-5-6-10-26-11-8-9-18(21)20(22,23)24/h9,13-14,25H,3-8,10-12H2,1-2H3/b18-9-. The van der Waals surface area contributed by atoms with Gasteiger partial charge in [0.25, 0.3) is 0 Å². The lowest BCUT2D eigenvalue weighted by Crippen LogP contribution is -2.07. The van der Waals surface area contributed by atoms with Gasteiger partial charge in [0, 0.05) is 6.61 Å². The van der Waals surface area contributed by atoms with Gasteiger partial charge in [0.2, 0.25) is 0 Å². The Labute approximate surface area is 164 Å². The van der Waals surface area contributed by atoms with Crippen LogP contribution in [0.4, 0.5) is 13.2 Å². The molecule has 0 bridgehead atoms. The van der Waals surface area contributed by atoms with Crippen LogP contribution >= 0.6 is 11.6 Å². The molecule has 0 aliphatic heterocycles. The first kappa shape index (κ1) is 23.6. The molecule has 1 N–H and O–H groups in total. The number of allylic oxidation sites excluding steroid dienone is 1. The molecule has 154 valence electrons. The van der Waals surface area contributed by atoms with Crippen molar-refractivity contribution in [1.29, 1.82) is 0 Å². The molecular formula is C20H28ClF3O3. The van der Waals surface area contributed by atoms with E-state index in [1.165, 1.54) is 0 Å². The van der Waals surface area contributed by atoms with Crippen molar-refractivity contribution in [3.05, 3.63) is 34.4 Å². The van der Waals surface area contributed by atoms with Crippen LogP contribution in [0.1, 0.15) is 50.7 Å². The molecule has 27 heavy (non-hydrogen) atoms. The summed E-state index contributed by atoms with van der Waals surface area (Å²) >= 11 is 5.11. The van der Waals surface area contributed by atoms with E-state index in [1.54, 1.807) is 12.1 Å². The molecule has 3 nitrogen and oxygen atoms in total. The van der Waals surface area contributed by atoms with Crippen LogP contribution in [-0.2, 0) is 17.6 Å². The molecule has 0 aliphatic rings. The largest absolute Gasteiger partial charge is 0.508 e. The van der Waals surface area contributed by atoms with E-state index in [4.69, 9.17) is 21.1 Å². The van der Waals surface area contributed by atoms with Gasteiger partial charge < -0.3 is 14.6 Å². The van der Waals surface area contributed by atoms with E-state index in [9.17, 15) is 18.3 Å². The van der Waals surface area contributed by atoms with Gasteiger partial charge in [-0.05, 0) is 61.8 Å². The summed E-state index contributed by atoms with van der Waals surface area (Å²) in [6.45, 7) is 5.34. The molecule has 0 fully saturated rings. The summed E-state index contributed by atoms with van der Waals surface area (Å²) in [5, 5.41) is 8.64. The lowest BCUT2D eigenvalue weighted by atomic mass is 10.0. The van der Waals surface area contributed by atoms with Gasteiger partial charge in [0.1, 0.15) is 16.5 Å². The number of ether oxygens (including phenoxy) is 2. The lowest BCUT2D eigenvalue weighted by Gasteiger charge is -2.15. The molecule has 0 spiro atoms. The van der Waals surface area contributed by atoms with Crippen LogP contribution in [0.25, 0.3) is 0 Å². The molecular weight excluding hydrogens is 381 g/mol. The Hall–Kier alpha value is -1.40. The Morgan fingerprint density at radius 1 is 1.04 bits per heavy atom. The van der Waals surface area contributed by atoms with E-state index in [2.05, 4.69) is 0 Å². The molecule has 0 saturated carbocycles. The van der Waals surface area contributed by atoms with Crippen molar-refractivity contribution in [3.8, 4) is 11.5 Å². The number of hydrogen-bond donors (Lipinski definition) is 1. The van der Waals surface area contributed by atoms with Crippen LogP contribution in [0.15, 0.2) is 23.2 Å². The van der Waals surface area contributed by atoms with Gasteiger partial charge in [-0.2, -0.15) is 13.2 Å². The topological polar surface area (TPSA) is 38.7 Å². The SMILES string of the molecule is CCc1cc(O)cc(CC)c1OCCCCCOCC/C=C(\Cl)C(F)(F)F. The molecule has 0 heterocycles. The number of alkyl halides is 3. The van der Waals surface area contributed by atoms with Gasteiger partial charge in [-0.1, -0.05) is 31.5 Å². The third-order valence-electron chi connectivity index (χ3n) is 4.03. The van der Waals surface area contributed by atoms with Gasteiger partial charge in [-0.25, -0.2) is 0 Å². The van der Waals surface area contributed by atoms with Crippen molar-refractivity contribution < 1.29 is 27.8 Å². The van der Waals surface area contributed by atoms with Crippen LogP contribution < -0.4 is 4.74 Å². The predicted molar refractivity (Wildman–Crippen MR) is 102 cm³/mol. The van der Waals surface area contributed by atoms with E-state index < -0.39 is 11.2 Å². The zero-order valence-corrected chi connectivity index (χ0v) is 16.6. The summed E-state index contributed by atoms with van der Waals surface area (Å²) in [4.78, 5) is 0. The smallest absolute Gasteiger partial charge is 0.426 e. The van der Waals surface area contributed by atoms with E-state index in [0.717, 1.165) is 55.1 Å². The Balaban J connectivity index is 2.20. The number of aryl methyl sites for hydroxylation is 2. The average molecular weight is 409 g/mol. The number of rotatable bonds is 12. The van der Waals surface area contributed by atoms with Gasteiger partial charge in [-0.15, -0.1) is 0 Å². The molecule has 0 radical (unpaired) electrons. The van der Waals surface area contributed by atoms with E-state index in [1.807, 2.05) is 13.8 Å². The maximum atomic E-state index is 12.2. The normalized spacial score (nSPS) is 12.4. The monoisotopic (exact) mass is 408 g/mol. The first-order valence-electron chi connectivity index (χ1n) is 9.27. The highest BCUT2D eigenvalue weighted by atomic mass is 35.5. The fourth-order valence-electron chi connectivity index (χ4n) is 2.59. The second kappa shape index (κ2) is 12.1. The number of benzene rings is 1. The molecule has 0 amide bonds. The minimum Gasteiger partial charge on any atom is -0.508 e. The fraction of sp³-hybridized carbons (Fsp3) is 0.600. The zero-order chi connectivity index (χ0) is 20.3. The number of phenols is 1. The fourth-order valence-corrected chi connectivity index (χ4v) is 2.70. The second-order valence-electron chi connectivity index (χ2n) is 6.16. The van der Waals surface area contributed by atoms with Crippen molar-refractivity contribution >= 4 is 11.6 Å². The van der Waals surface area contributed by atoms with Crippen molar-refractivity contribution in [2.75, 3.05) is 19.8 Å². The van der Waals surface area contributed by atoms with Crippen LogP contribution in [0.2, 0.25) is 0 Å². The minimum atomic E-state index is -4.48. The first-order chi connectivity index (χ1) is 12.8.